The van der Waals surface area contributed by atoms with Crippen LogP contribution in [0.25, 0.3) is 11.4 Å². The molecule has 0 saturated carbocycles. The van der Waals surface area contributed by atoms with Gasteiger partial charge in [-0.05, 0) is 49.4 Å². The molecule has 0 saturated heterocycles. The minimum absolute atomic E-state index is 0.197. The Kier molecular flexibility index (Phi) is 6.19. The molecule has 3 aromatic rings. The van der Waals surface area contributed by atoms with Gasteiger partial charge >= 0.3 is 0 Å². The molecule has 29 heavy (non-hydrogen) atoms. The maximum Gasteiger partial charge on any atom is 0.254 e. The van der Waals surface area contributed by atoms with E-state index in [9.17, 15) is 9.59 Å². The lowest BCUT2D eigenvalue weighted by Crippen LogP contribution is -2.29. The number of hydrogen-bond donors (Lipinski definition) is 1. The van der Waals surface area contributed by atoms with Crippen molar-refractivity contribution in [3.8, 4) is 22.9 Å². The predicted molar refractivity (Wildman–Crippen MR) is 112 cm³/mol. The SMILES string of the molecule is COc1ccc(-c2nc(C)cc(=O)n2CC(=O)Nc2ccc(OC)c(Cl)c2)cc1. The second-order valence-electron chi connectivity index (χ2n) is 6.27. The second-order valence-corrected chi connectivity index (χ2v) is 6.68. The first kappa shape index (κ1) is 20.4. The number of carbonyl (C=O) groups is 1. The molecule has 8 heteroatoms. The number of nitrogens with zero attached hydrogens (tertiary/aromatic N) is 2. The van der Waals surface area contributed by atoms with Gasteiger partial charge in [0.2, 0.25) is 5.91 Å². The molecule has 1 aromatic heterocycles. The smallest absolute Gasteiger partial charge is 0.254 e. The standard InChI is InChI=1S/C21H20ClN3O4/c1-13-10-20(27)25(21(23-13)14-4-7-16(28-2)8-5-14)12-19(26)24-15-6-9-18(29-3)17(22)11-15/h4-11H,12H2,1-3H3,(H,24,26). The molecule has 0 aliphatic rings. The molecular formula is C21H20ClN3O4. The van der Waals surface area contributed by atoms with Crippen molar-refractivity contribution in [1.29, 1.82) is 0 Å². The van der Waals surface area contributed by atoms with E-state index in [0.717, 1.165) is 0 Å². The van der Waals surface area contributed by atoms with E-state index in [4.69, 9.17) is 21.1 Å². The van der Waals surface area contributed by atoms with E-state index in [0.29, 0.717) is 39.3 Å². The Bertz CT molecular complexity index is 1090. The van der Waals surface area contributed by atoms with Crippen molar-refractivity contribution in [3.63, 3.8) is 0 Å². The highest BCUT2D eigenvalue weighted by molar-refractivity contribution is 6.32. The molecule has 0 aliphatic heterocycles. The van der Waals surface area contributed by atoms with Crippen LogP contribution < -0.4 is 20.3 Å². The summed E-state index contributed by atoms with van der Waals surface area (Å²) in [4.78, 5) is 29.6. The third-order valence-corrected chi connectivity index (χ3v) is 4.52. The van der Waals surface area contributed by atoms with Crippen molar-refractivity contribution in [2.75, 3.05) is 19.5 Å². The van der Waals surface area contributed by atoms with Crippen molar-refractivity contribution in [1.82, 2.24) is 9.55 Å². The van der Waals surface area contributed by atoms with Crippen molar-refractivity contribution >= 4 is 23.2 Å². The zero-order valence-corrected chi connectivity index (χ0v) is 17.0. The van der Waals surface area contributed by atoms with Crippen LogP contribution in [0.15, 0.2) is 53.3 Å². The Morgan fingerprint density at radius 2 is 1.83 bits per heavy atom. The fraction of sp³-hybridized carbons (Fsp3) is 0.190. The Morgan fingerprint density at radius 3 is 2.45 bits per heavy atom. The predicted octanol–water partition coefficient (Wildman–Crippen LogP) is 3.53. The molecule has 3 rings (SSSR count). The summed E-state index contributed by atoms with van der Waals surface area (Å²) >= 11 is 6.09. The van der Waals surface area contributed by atoms with E-state index in [-0.39, 0.29) is 18.0 Å². The van der Waals surface area contributed by atoms with Crippen molar-refractivity contribution in [2.45, 2.75) is 13.5 Å². The number of aromatic nitrogens is 2. The minimum Gasteiger partial charge on any atom is -0.497 e. The van der Waals surface area contributed by atoms with Gasteiger partial charge in [-0.15, -0.1) is 0 Å². The number of methoxy groups -OCH3 is 2. The maximum atomic E-state index is 12.6. The van der Waals surface area contributed by atoms with E-state index in [1.807, 2.05) is 0 Å². The van der Waals surface area contributed by atoms with Crippen LogP contribution in [0, 0.1) is 6.92 Å². The van der Waals surface area contributed by atoms with E-state index >= 15 is 0 Å². The van der Waals surface area contributed by atoms with Gasteiger partial charge in [0.25, 0.3) is 5.56 Å². The first-order valence-electron chi connectivity index (χ1n) is 8.77. The van der Waals surface area contributed by atoms with Gasteiger partial charge in [0.1, 0.15) is 23.9 Å². The van der Waals surface area contributed by atoms with E-state index in [1.54, 1.807) is 56.5 Å². The first-order chi connectivity index (χ1) is 13.9. The normalized spacial score (nSPS) is 10.5. The highest BCUT2D eigenvalue weighted by atomic mass is 35.5. The molecule has 1 N–H and O–H groups in total. The summed E-state index contributed by atoms with van der Waals surface area (Å²) in [5, 5.41) is 3.11. The maximum absolute atomic E-state index is 12.6. The van der Waals surface area contributed by atoms with Gasteiger partial charge in [0.05, 0.1) is 19.2 Å². The van der Waals surface area contributed by atoms with Crippen LogP contribution in [-0.4, -0.2) is 29.7 Å². The summed E-state index contributed by atoms with van der Waals surface area (Å²) in [5.41, 5.74) is 1.46. The fourth-order valence-corrected chi connectivity index (χ4v) is 3.08. The molecule has 1 amide bonds. The summed E-state index contributed by atoms with van der Waals surface area (Å²) in [6.45, 7) is 1.54. The Balaban J connectivity index is 1.89. The Morgan fingerprint density at radius 1 is 1.10 bits per heavy atom. The minimum atomic E-state index is -0.381. The molecule has 0 aliphatic carbocycles. The van der Waals surface area contributed by atoms with Crippen molar-refractivity contribution in [2.24, 2.45) is 0 Å². The van der Waals surface area contributed by atoms with Crippen LogP contribution in [0.4, 0.5) is 5.69 Å². The van der Waals surface area contributed by atoms with Gasteiger partial charge in [0.15, 0.2) is 0 Å². The van der Waals surface area contributed by atoms with Gasteiger partial charge in [-0.25, -0.2) is 4.98 Å². The largest absolute Gasteiger partial charge is 0.497 e. The van der Waals surface area contributed by atoms with Gasteiger partial charge in [-0.2, -0.15) is 0 Å². The van der Waals surface area contributed by atoms with E-state index in [2.05, 4.69) is 10.3 Å². The summed E-state index contributed by atoms with van der Waals surface area (Å²) in [6.07, 6.45) is 0. The van der Waals surface area contributed by atoms with Gasteiger partial charge < -0.3 is 14.8 Å². The third-order valence-electron chi connectivity index (χ3n) is 4.22. The van der Waals surface area contributed by atoms with Gasteiger partial charge in [0, 0.05) is 23.0 Å². The van der Waals surface area contributed by atoms with Crippen molar-refractivity contribution < 1.29 is 14.3 Å². The average molecular weight is 414 g/mol. The number of anilines is 1. The quantitative estimate of drug-likeness (QED) is 0.668. The number of benzene rings is 2. The summed E-state index contributed by atoms with van der Waals surface area (Å²) in [5.74, 6) is 1.21. The average Bonchev–Trinajstić information content (AvgIpc) is 2.70. The van der Waals surface area contributed by atoms with Crippen LogP contribution >= 0.6 is 11.6 Å². The molecule has 0 atom stereocenters. The number of hydrogen-bond acceptors (Lipinski definition) is 5. The molecule has 2 aromatic carbocycles. The lowest BCUT2D eigenvalue weighted by atomic mass is 10.2. The van der Waals surface area contributed by atoms with Gasteiger partial charge in [-0.1, -0.05) is 11.6 Å². The van der Waals surface area contributed by atoms with Gasteiger partial charge in [-0.3, -0.25) is 14.2 Å². The molecule has 150 valence electrons. The number of amides is 1. The van der Waals surface area contributed by atoms with Crippen LogP contribution in [-0.2, 0) is 11.3 Å². The van der Waals surface area contributed by atoms with Crippen LogP contribution in [0.3, 0.4) is 0 Å². The number of aryl methyl sites for hydroxylation is 1. The Labute approximate surface area is 172 Å². The van der Waals surface area contributed by atoms with E-state index < -0.39 is 0 Å². The molecule has 7 nitrogen and oxygen atoms in total. The molecule has 0 fully saturated rings. The topological polar surface area (TPSA) is 82.5 Å². The summed E-state index contributed by atoms with van der Waals surface area (Å²) in [6, 6.07) is 13.4. The Hall–Kier alpha value is -3.32. The van der Waals surface area contributed by atoms with Crippen molar-refractivity contribution in [3.05, 3.63) is 69.6 Å². The lowest BCUT2D eigenvalue weighted by Gasteiger charge is -2.14. The zero-order chi connectivity index (χ0) is 21.0. The first-order valence-corrected chi connectivity index (χ1v) is 9.15. The van der Waals surface area contributed by atoms with Crippen LogP contribution in [0.2, 0.25) is 5.02 Å². The highest BCUT2D eigenvalue weighted by Gasteiger charge is 2.14. The number of ether oxygens (including phenoxy) is 2. The molecule has 1 heterocycles. The molecule has 0 bridgehead atoms. The summed E-state index contributed by atoms with van der Waals surface area (Å²) in [7, 11) is 3.09. The fourth-order valence-electron chi connectivity index (χ4n) is 2.82. The highest BCUT2D eigenvalue weighted by Crippen LogP contribution is 2.27. The molecule has 0 spiro atoms. The summed E-state index contributed by atoms with van der Waals surface area (Å²) < 4.78 is 11.6. The third kappa shape index (κ3) is 4.75. The number of rotatable bonds is 6. The zero-order valence-electron chi connectivity index (χ0n) is 16.2. The number of halogens is 1. The molecule has 0 radical (unpaired) electrons. The monoisotopic (exact) mass is 413 g/mol. The van der Waals surface area contributed by atoms with E-state index in [1.165, 1.54) is 17.7 Å². The molecule has 0 unspecified atom stereocenters. The van der Waals surface area contributed by atoms with Crippen LogP contribution in [0.1, 0.15) is 5.69 Å². The number of nitrogens with one attached hydrogen (secondary N) is 1. The van der Waals surface area contributed by atoms with Crippen LogP contribution in [0.5, 0.6) is 11.5 Å². The number of carbonyl (C=O) groups excluding carboxylic acids is 1. The molecular weight excluding hydrogens is 394 g/mol. The lowest BCUT2D eigenvalue weighted by molar-refractivity contribution is -0.116. The second kappa shape index (κ2) is 8.79.